The number of aryl methyl sites for hydroxylation is 1. The summed E-state index contributed by atoms with van der Waals surface area (Å²) in [5.41, 5.74) is 1.38. The van der Waals surface area contributed by atoms with Crippen LogP contribution in [0.15, 0.2) is 30.3 Å². The number of anilines is 2. The van der Waals surface area contributed by atoms with E-state index < -0.39 is 0 Å². The van der Waals surface area contributed by atoms with E-state index in [1.807, 2.05) is 13.0 Å². The van der Waals surface area contributed by atoms with E-state index in [9.17, 15) is 9.18 Å². The Morgan fingerprint density at radius 1 is 1.29 bits per heavy atom. The minimum atomic E-state index is -0.255. The number of aromatic nitrogens is 2. The Balaban J connectivity index is 1.56. The van der Waals surface area contributed by atoms with E-state index in [0.29, 0.717) is 37.8 Å². The Bertz CT molecular complexity index is 809. The fourth-order valence-electron chi connectivity index (χ4n) is 3.17. The summed E-state index contributed by atoms with van der Waals surface area (Å²) in [6, 6.07) is 8.73. The predicted octanol–water partition coefficient (Wildman–Crippen LogP) is 3.57. The van der Waals surface area contributed by atoms with Gasteiger partial charge in [-0.3, -0.25) is 0 Å². The van der Waals surface area contributed by atoms with Gasteiger partial charge in [0.15, 0.2) is 0 Å². The van der Waals surface area contributed by atoms with Gasteiger partial charge in [-0.1, -0.05) is 18.2 Å². The number of nitrogens with one attached hydrogen (secondary N) is 2. The quantitative estimate of drug-likeness (QED) is 0.789. The number of piperidine rings is 1. The van der Waals surface area contributed by atoms with Crippen LogP contribution >= 0.6 is 0 Å². The lowest BCUT2D eigenvalue weighted by Gasteiger charge is -2.31. The highest BCUT2D eigenvalue weighted by atomic mass is 19.1. The molecular formula is C20H26FN5O2. The molecule has 2 aromatic rings. The Morgan fingerprint density at radius 3 is 2.75 bits per heavy atom. The fourth-order valence-corrected chi connectivity index (χ4v) is 3.17. The summed E-state index contributed by atoms with van der Waals surface area (Å²) in [6.07, 6.45) is 1.39. The van der Waals surface area contributed by atoms with Gasteiger partial charge in [-0.15, -0.1) is 0 Å². The average molecular weight is 387 g/mol. The molecule has 1 aromatic heterocycles. The standard InChI is InChI=1S/C20H26FN5O2/c1-3-28-20(27)26-10-8-16(9-11-26)24-18-12-14(2)23-19(25-18)22-13-15-6-4-5-7-17(15)21/h4-7,12,16H,3,8-11,13H2,1-2H3,(H2,22,23,24,25). The van der Waals surface area contributed by atoms with Crippen molar-refractivity contribution in [3.05, 3.63) is 47.4 Å². The Labute approximate surface area is 164 Å². The van der Waals surface area contributed by atoms with E-state index in [4.69, 9.17) is 4.74 Å². The van der Waals surface area contributed by atoms with Gasteiger partial charge in [-0.25, -0.2) is 14.2 Å². The van der Waals surface area contributed by atoms with E-state index in [-0.39, 0.29) is 18.0 Å². The molecule has 0 atom stereocenters. The fraction of sp³-hybridized carbons (Fsp3) is 0.450. The summed E-state index contributed by atoms with van der Waals surface area (Å²) >= 11 is 0. The van der Waals surface area contributed by atoms with Crippen molar-refractivity contribution in [2.24, 2.45) is 0 Å². The summed E-state index contributed by atoms with van der Waals surface area (Å²) in [5, 5.41) is 6.50. The second kappa shape index (κ2) is 9.34. The van der Waals surface area contributed by atoms with Gasteiger partial charge in [0.05, 0.1) is 6.61 Å². The van der Waals surface area contributed by atoms with Crippen molar-refractivity contribution in [2.75, 3.05) is 30.3 Å². The number of halogens is 1. The smallest absolute Gasteiger partial charge is 0.409 e. The van der Waals surface area contributed by atoms with Gasteiger partial charge >= 0.3 is 6.09 Å². The molecule has 1 aliphatic heterocycles. The zero-order chi connectivity index (χ0) is 19.9. The van der Waals surface area contributed by atoms with Crippen molar-refractivity contribution in [3.8, 4) is 0 Å². The molecule has 150 valence electrons. The summed E-state index contributed by atoms with van der Waals surface area (Å²) in [6.45, 7) is 5.71. The molecule has 0 unspecified atom stereocenters. The number of rotatable bonds is 6. The first-order valence-electron chi connectivity index (χ1n) is 9.56. The second-order valence-corrected chi connectivity index (χ2v) is 6.77. The maximum Gasteiger partial charge on any atom is 0.409 e. The molecule has 0 radical (unpaired) electrons. The minimum absolute atomic E-state index is 0.222. The maximum atomic E-state index is 13.8. The molecule has 1 saturated heterocycles. The number of hydrogen-bond donors (Lipinski definition) is 2. The lowest BCUT2D eigenvalue weighted by atomic mass is 10.1. The van der Waals surface area contributed by atoms with Crippen LogP contribution in [0.5, 0.6) is 0 Å². The normalized spacial score (nSPS) is 14.6. The molecule has 8 heteroatoms. The van der Waals surface area contributed by atoms with Crippen molar-refractivity contribution < 1.29 is 13.9 Å². The van der Waals surface area contributed by atoms with Gasteiger partial charge in [-0.05, 0) is 32.8 Å². The summed E-state index contributed by atoms with van der Waals surface area (Å²) < 4.78 is 18.8. The zero-order valence-electron chi connectivity index (χ0n) is 16.2. The molecule has 28 heavy (non-hydrogen) atoms. The summed E-state index contributed by atoms with van der Waals surface area (Å²) in [7, 11) is 0. The third-order valence-corrected chi connectivity index (χ3v) is 4.62. The van der Waals surface area contributed by atoms with E-state index in [1.54, 1.807) is 30.0 Å². The van der Waals surface area contributed by atoms with E-state index in [0.717, 1.165) is 24.4 Å². The summed E-state index contributed by atoms with van der Waals surface area (Å²) in [5.74, 6) is 0.919. The second-order valence-electron chi connectivity index (χ2n) is 6.77. The summed E-state index contributed by atoms with van der Waals surface area (Å²) in [4.78, 5) is 22.4. The third-order valence-electron chi connectivity index (χ3n) is 4.62. The number of carbonyl (C=O) groups is 1. The number of hydrogen-bond acceptors (Lipinski definition) is 6. The van der Waals surface area contributed by atoms with Gasteiger partial charge in [0.1, 0.15) is 11.6 Å². The van der Waals surface area contributed by atoms with Crippen molar-refractivity contribution in [1.29, 1.82) is 0 Å². The highest BCUT2D eigenvalue weighted by Gasteiger charge is 2.23. The van der Waals surface area contributed by atoms with Crippen LogP contribution in [0.2, 0.25) is 0 Å². The van der Waals surface area contributed by atoms with Gasteiger partial charge < -0.3 is 20.3 Å². The van der Waals surface area contributed by atoms with Crippen LogP contribution in [0, 0.1) is 12.7 Å². The molecular weight excluding hydrogens is 361 g/mol. The maximum absolute atomic E-state index is 13.8. The molecule has 1 aromatic carbocycles. The van der Waals surface area contributed by atoms with Crippen LogP contribution in [0.1, 0.15) is 31.0 Å². The molecule has 2 heterocycles. The van der Waals surface area contributed by atoms with Crippen LogP contribution in [0.25, 0.3) is 0 Å². The molecule has 0 spiro atoms. The Morgan fingerprint density at radius 2 is 2.04 bits per heavy atom. The number of nitrogens with zero attached hydrogens (tertiary/aromatic N) is 3. The van der Waals surface area contributed by atoms with Crippen LogP contribution in [0.4, 0.5) is 21.0 Å². The van der Waals surface area contributed by atoms with E-state index in [2.05, 4.69) is 20.6 Å². The monoisotopic (exact) mass is 387 g/mol. The minimum Gasteiger partial charge on any atom is -0.450 e. The highest BCUT2D eigenvalue weighted by Crippen LogP contribution is 2.18. The number of ether oxygens (including phenoxy) is 1. The predicted molar refractivity (Wildman–Crippen MR) is 106 cm³/mol. The Kier molecular flexibility index (Phi) is 6.62. The molecule has 7 nitrogen and oxygen atoms in total. The molecule has 2 N–H and O–H groups in total. The lowest BCUT2D eigenvalue weighted by molar-refractivity contribution is 0.0983. The first-order chi connectivity index (χ1) is 13.5. The molecule has 1 fully saturated rings. The molecule has 0 bridgehead atoms. The van der Waals surface area contributed by atoms with Crippen LogP contribution in [-0.4, -0.2) is 46.7 Å². The molecule has 3 rings (SSSR count). The third kappa shape index (κ3) is 5.31. The van der Waals surface area contributed by atoms with Crippen molar-refractivity contribution in [2.45, 2.75) is 39.3 Å². The number of benzene rings is 1. The topological polar surface area (TPSA) is 79.4 Å². The van der Waals surface area contributed by atoms with Crippen molar-refractivity contribution in [1.82, 2.24) is 14.9 Å². The molecule has 0 saturated carbocycles. The Hall–Kier alpha value is -2.90. The number of likely N-dealkylation sites (tertiary alicyclic amines) is 1. The molecule has 1 amide bonds. The van der Waals surface area contributed by atoms with Crippen LogP contribution in [-0.2, 0) is 11.3 Å². The molecule has 0 aliphatic carbocycles. The number of carbonyl (C=O) groups excluding carboxylic acids is 1. The van der Waals surface area contributed by atoms with Crippen molar-refractivity contribution >= 4 is 17.9 Å². The average Bonchev–Trinajstić information content (AvgIpc) is 2.68. The van der Waals surface area contributed by atoms with Gasteiger partial charge in [0.2, 0.25) is 5.95 Å². The van der Waals surface area contributed by atoms with Gasteiger partial charge in [0, 0.05) is 43.0 Å². The number of amides is 1. The van der Waals surface area contributed by atoms with Crippen LogP contribution < -0.4 is 10.6 Å². The lowest BCUT2D eigenvalue weighted by Crippen LogP contribution is -2.42. The highest BCUT2D eigenvalue weighted by molar-refractivity contribution is 5.67. The van der Waals surface area contributed by atoms with Crippen LogP contribution in [0.3, 0.4) is 0 Å². The largest absolute Gasteiger partial charge is 0.450 e. The molecule has 1 aliphatic rings. The first-order valence-corrected chi connectivity index (χ1v) is 9.56. The first kappa shape index (κ1) is 19.9. The van der Waals surface area contributed by atoms with E-state index in [1.165, 1.54) is 6.07 Å². The van der Waals surface area contributed by atoms with Gasteiger partial charge in [-0.2, -0.15) is 4.98 Å². The van der Waals surface area contributed by atoms with E-state index >= 15 is 0 Å². The zero-order valence-corrected chi connectivity index (χ0v) is 16.2. The SMILES string of the molecule is CCOC(=O)N1CCC(Nc2cc(C)nc(NCc3ccccc3F)n2)CC1. The van der Waals surface area contributed by atoms with Gasteiger partial charge in [0.25, 0.3) is 0 Å². The van der Waals surface area contributed by atoms with Crippen molar-refractivity contribution in [3.63, 3.8) is 0 Å².